The summed E-state index contributed by atoms with van der Waals surface area (Å²) >= 11 is 0. The topological polar surface area (TPSA) is 42.2 Å². The Kier molecular flexibility index (Phi) is 3.28. The maximum Gasteiger partial charge on any atom is 0.217 e. The lowest BCUT2D eigenvalue weighted by molar-refractivity contribution is -0.119. The van der Waals surface area contributed by atoms with Crippen LogP contribution in [-0.2, 0) is 11.3 Å². The fourth-order valence-corrected chi connectivity index (χ4v) is 1.56. The number of carbonyl (C=O) groups is 1. The zero-order chi connectivity index (χ0) is 12.3. The Labute approximate surface area is 100 Å². The molecule has 0 fully saturated rings. The Morgan fingerprint density at radius 2 is 1.88 bits per heavy atom. The molecule has 0 radical (unpaired) electrons. The summed E-state index contributed by atoms with van der Waals surface area (Å²) in [6.07, 6.45) is 0. The van der Waals surface area contributed by atoms with E-state index >= 15 is 0 Å². The highest BCUT2D eigenvalue weighted by Crippen LogP contribution is 2.22. The lowest BCUT2D eigenvalue weighted by Gasteiger charge is -1.99. The van der Waals surface area contributed by atoms with E-state index in [1.807, 2.05) is 43.3 Å². The molecule has 1 heterocycles. The molecule has 0 aliphatic carbocycles. The molecule has 0 unspecified atom stereocenters. The summed E-state index contributed by atoms with van der Waals surface area (Å²) in [4.78, 5) is 10.8. The molecule has 0 aliphatic heterocycles. The smallest absolute Gasteiger partial charge is 0.217 e. The second-order valence-electron chi connectivity index (χ2n) is 4.04. The molecule has 1 amide bonds. The van der Waals surface area contributed by atoms with Crippen molar-refractivity contribution in [3.63, 3.8) is 0 Å². The van der Waals surface area contributed by atoms with E-state index in [0.29, 0.717) is 6.54 Å². The third kappa shape index (κ3) is 2.97. The SMILES string of the molecule is CC(=O)NCc1ccc(-c2ccc(C)cc2)o1. The van der Waals surface area contributed by atoms with E-state index in [-0.39, 0.29) is 5.91 Å². The molecule has 0 aliphatic rings. The Balaban J connectivity index is 2.12. The first kappa shape index (κ1) is 11.5. The number of nitrogens with one attached hydrogen (secondary N) is 1. The van der Waals surface area contributed by atoms with Gasteiger partial charge in [0.2, 0.25) is 5.91 Å². The average Bonchev–Trinajstić information content (AvgIpc) is 2.76. The van der Waals surface area contributed by atoms with Gasteiger partial charge < -0.3 is 9.73 Å². The van der Waals surface area contributed by atoms with Crippen LogP contribution in [0.15, 0.2) is 40.8 Å². The Hall–Kier alpha value is -2.03. The number of furan rings is 1. The molecular formula is C14H15NO2. The summed E-state index contributed by atoms with van der Waals surface area (Å²) in [5.74, 6) is 1.53. The van der Waals surface area contributed by atoms with Crippen molar-refractivity contribution in [2.24, 2.45) is 0 Å². The van der Waals surface area contributed by atoms with Crippen LogP contribution in [-0.4, -0.2) is 5.91 Å². The molecule has 2 rings (SSSR count). The molecule has 1 N–H and O–H groups in total. The number of benzene rings is 1. The van der Waals surface area contributed by atoms with Gasteiger partial charge in [0.1, 0.15) is 11.5 Å². The molecule has 3 nitrogen and oxygen atoms in total. The zero-order valence-corrected chi connectivity index (χ0v) is 9.99. The number of amides is 1. The normalized spacial score (nSPS) is 10.2. The van der Waals surface area contributed by atoms with E-state index in [1.165, 1.54) is 12.5 Å². The molecule has 0 bridgehead atoms. The van der Waals surface area contributed by atoms with Crippen molar-refractivity contribution >= 4 is 5.91 Å². The van der Waals surface area contributed by atoms with Crippen LogP contribution in [0, 0.1) is 6.92 Å². The van der Waals surface area contributed by atoms with E-state index in [0.717, 1.165) is 17.1 Å². The predicted molar refractivity (Wildman–Crippen MR) is 66.4 cm³/mol. The summed E-state index contributed by atoms with van der Waals surface area (Å²) < 4.78 is 5.65. The van der Waals surface area contributed by atoms with Gasteiger partial charge in [-0.25, -0.2) is 0 Å². The van der Waals surface area contributed by atoms with Gasteiger partial charge in [-0.15, -0.1) is 0 Å². The van der Waals surface area contributed by atoms with Crippen molar-refractivity contribution < 1.29 is 9.21 Å². The summed E-state index contributed by atoms with van der Waals surface area (Å²) in [6, 6.07) is 11.9. The van der Waals surface area contributed by atoms with Crippen molar-refractivity contribution in [3.8, 4) is 11.3 Å². The van der Waals surface area contributed by atoms with E-state index in [1.54, 1.807) is 0 Å². The van der Waals surface area contributed by atoms with Gasteiger partial charge in [0, 0.05) is 12.5 Å². The minimum Gasteiger partial charge on any atom is -0.459 e. The lowest BCUT2D eigenvalue weighted by Crippen LogP contribution is -2.18. The van der Waals surface area contributed by atoms with Gasteiger partial charge in [-0.1, -0.05) is 29.8 Å². The Morgan fingerprint density at radius 1 is 1.18 bits per heavy atom. The molecule has 0 spiro atoms. The molecule has 88 valence electrons. The standard InChI is InChI=1S/C14H15NO2/c1-10-3-5-12(6-4-10)14-8-7-13(17-14)9-15-11(2)16/h3-8H,9H2,1-2H3,(H,15,16). The molecule has 2 aromatic rings. The fraction of sp³-hybridized carbons (Fsp3) is 0.214. The molecule has 17 heavy (non-hydrogen) atoms. The fourth-order valence-electron chi connectivity index (χ4n) is 1.56. The summed E-state index contributed by atoms with van der Waals surface area (Å²) in [7, 11) is 0. The largest absolute Gasteiger partial charge is 0.459 e. The highest BCUT2D eigenvalue weighted by atomic mass is 16.3. The second-order valence-corrected chi connectivity index (χ2v) is 4.04. The third-order valence-corrected chi connectivity index (χ3v) is 2.51. The molecule has 1 aromatic carbocycles. The van der Waals surface area contributed by atoms with Gasteiger partial charge in [0.05, 0.1) is 6.54 Å². The molecule has 1 aromatic heterocycles. The number of carbonyl (C=O) groups excluding carboxylic acids is 1. The number of rotatable bonds is 3. The van der Waals surface area contributed by atoms with Crippen LogP contribution < -0.4 is 5.32 Å². The highest BCUT2D eigenvalue weighted by molar-refractivity contribution is 5.72. The molecular weight excluding hydrogens is 214 g/mol. The third-order valence-electron chi connectivity index (χ3n) is 2.51. The number of hydrogen-bond donors (Lipinski definition) is 1. The predicted octanol–water partition coefficient (Wildman–Crippen LogP) is 2.89. The quantitative estimate of drug-likeness (QED) is 0.879. The van der Waals surface area contributed by atoms with E-state index < -0.39 is 0 Å². The first-order chi connectivity index (χ1) is 8.15. The van der Waals surface area contributed by atoms with Crippen LogP contribution in [0.1, 0.15) is 18.2 Å². The molecule has 0 atom stereocenters. The van der Waals surface area contributed by atoms with Crippen molar-refractivity contribution in [1.82, 2.24) is 5.32 Å². The second kappa shape index (κ2) is 4.87. The van der Waals surface area contributed by atoms with E-state index in [9.17, 15) is 4.79 Å². The maximum atomic E-state index is 10.8. The first-order valence-corrected chi connectivity index (χ1v) is 5.55. The van der Waals surface area contributed by atoms with Crippen molar-refractivity contribution in [2.75, 3.05) is 0 Å². The van der Waals surface area contributed by atoms with Crippen LogP contribution in [0.4, 0.5) is 0 Å². The molecule has 0 saturated carbocycles. The van der Waals surface area contributed by atoms with Crippen LogP contribution >= 0.6 is 0 Å². The van der Waals surface area contributed by atoms with Gasteiger partial charge in [0.15, 0.2) is 0 Å². The van der Waals surface area contributed by atoms with Crippen LogP contribution in [0.3, 0.4) is 0 Å². The van der Waals surface area contributed by atoms with E-state index in [4.69, 9.17) is 4.42 Å². The number of hydrogen-bond acceptors (Lipinski definition) is 2. The maximum absolute atomic E-state index is 10.8. The lowest BCUT2D eigenvalue weighted by atomic mass is 10.1. The van der Waals surface area contributed by atoms with Gasteiger partial charge in [-0.05, 0) is 19.1 Å². The van der Waals surface area contributed by atoms with Gasteiger partial charge in [0.25, 0.3) is 0 Å². The average molecular weight is 229 g/mol. The van der Waals surface area contributed by atoms with Crippen LogP contribution in [0.5, 0.6) is 0 Å². The van der Waals surface area contributed by atoms with Gasteiger partial charge >= 0.3 is 0 Å². The Bertz CT molecular complexity index is 511. The summed E-state index contributed by atoms with van der Waals surface area (Å²) in [6.45, 7) is 3.97. The van der Waals surface area contributed by atoms with Crippen molar-refractivity contribution in [1.29, 1.82) is 0 Å². The number of aryl methyl sites for hydroxylation is 1. The summed E-state index contributed by atoms with van der Waals surface area (Å²) in [5.41, 5.74) is 2.27. The minimum atomic E-state index is -0.0571. The Morgan fingerprint density at radius 3 is 2.53 bits per heavy atom. The van der Waals surface area contributed by atoms with Crippen LogP contribution in [0.25, 0.3) is 11.3 Å². The monoisotopic (exact) mass is 229 g/mol. The first-order valence-electron chi connectivity index (χ1n) is 5.55. The van der Waals surface area contributed by atoms with Crippen LogP contribution in [0.2, 0.25) is 0 Å². The highest BCUT2D eigenvalue weighted by Gasteiger charge is 2.04. The molecule has 3 heteroatoms. The van der Waals surface area contributed by atoms with Crippen molar-refractivity contribution in [3.05, 3.63) is 47.7 Å². The zero-order valence-electron chi connectivity index (χ0n) is 9.99. The molecule has 0 saturated heterocycles. The summed E-state index contributed by atoms with van der Waals surface area (Å²) in [5, 5.41) is 2.70. The van der Waals surface area contributed by atoms with Gasteiger partial charge in [-0.3, -0.25) is 4.79 Å². The van der Waals surface area contributed by atoms with Crippen molar-refractivity contribution in [2.45, 2.75) is 20.4 Å². The van der Waals surface area contributed by atoms with Gasteiger partial charge in [-0.2, -0.15) is 0 Å². The van der Waals surface area contributed by atoms with E-state index in [2.05, 4.69) is 5.32 Å². The minimum absolute atomic E-state index is 0.0571.